The van der Waals surface area contributed by atoms with Gasteiger partial charge in [0.05, 0.1) is 11.6 Å². The van der Waals surface area contributed by atoms with Crippen molar-refractivity contribution in [1.82, 2.24) is 5.32 Å². The predicted molar refractivity (Wildman–Crippen MR) is 107 cm³/mol. The van der Waals surface area contributed by atoms with E-state index in [-0.39, 0.29) is 5.91 Å². The topological polar surface area (TPSA) is 41.6 Å². The zero-order valence-electron chi connectivity index (χ0n) is 15.3. The van der Waals surface area contributed by atoms with E-state index in [0.717, 1.165) is 19.4 Å². The van der Waals surface area contributed by atoms with E-state index in [4.69, 9.17) is 16.3 Å². The van der Waals surface area contributed by atoms with E-state index in [2.05, 4.69) is 41.4 Å². The summed E-state index contributed by atoms with van der Waals surface area (Å²) in [5, 5.41) is 3.44. The SMILES string of the molecule is CCOc1ccc(C(=O)NCCCN2c3ccccc3CC2C)cc1Cl. The Balaban J connectivity index is 1.49. The van der Waals surface area contributed by atoms with Crippen molar-refractivity contribution in [2.24, 2.45) is 0 Å². The average molecular weight is 373 g/mol. The molecule has 0 fully saturated rings. The van der Waals surface area contributed by atoms with E-state index in [1.54, 1.807) is 18.2 Å². The second kappa shape index (κ2) is 8.45. The summed E-state index contributed by atoms with van der Waals surface area (Å²) in [5.74, 6) is 0.497. The van der Waals surface area contributed by atoms with E-state index >= 15 is 0 Å². The molecular formula is C21H25ClN2O2. The zero-order chi connectivity index (χ0) is 18.5. The van der Waals surface area contributed by atoms with Gasteiger partial charge in [-0.3, -0.25) is 4.79 Å². The van der Waals surface area contributed by atoms with Crippen LogP contribution in [-0.4, -0.2) is 31.6 Å². The number of fused-ring (bicyclic) bond motifs is 1. The monoisotopic (exact) mass is 372 g/mol. The van der Waals surface area contributed by atoms with Gasteiger partial charge in [-0.05, 0) is 56.5 Å². The quantitative estimate of drug-likeness (QED) is 0.736. The first-order valence-electron chi connectivity index (χ1n) is 9.15. The van der Waals surface area contributed by atoms with Crippen LogP contribution in [0.1, 0.15) is 36.2 Å². The fourth-order valence-electron chi connectivity index (χ4n) is 3.44. The average Bonchev–Trinajstić information content (AvgIpc) is 2.95. The minimum Gasteiger partial charge on any atom is -0.492 e. The Labute approximate surface area is 160 Å². The number of ether oxygens (including phenoxy) is 1. The van der Waals surface area contributed by atoms with Crippen molar-refractivity contribution in [1.29, 1.82) is 0 Å². The van der Waals surface area contributed by atoms with Crippen LogP contribution in [0.2, 0.25) is 5.02 Å². The molecule has 1 aliphatic heterocycles. The third-order valence-corrected chi connectivity index (χ3v) is 5.00. The molecule has 1 N–H and O–H groups in total. The molecule has 0 spiro atoms. The minimum atomic E-state index is -0.107. The molecule has 138 valence electrons. The molecule has 0 aromatic heterocycles. The number of amides is 1. The maximum Gasteiger partial charge on any atom is 0.251 e. The highest BCUT2D eigenvalue weighted by atomic mass is 35.5. The lowest BCUT2D eigenvalue weighted by Crippen LogP contribution is -2.33. The second-order valence-corrected chi connectivity index (χ2v) is 6.97. The molecule has 2 aromatic carbocycles. The van der Waals surface area contributed by atoms with Gasteiger partial charge in [0.1, 0.15) is 5.75 Å². The Hall–Kier alpha value is -2.20. The van der Waals surface area contributed by atoms with Gasteiger partial charge in [0.2, 0.25) is 0 Å². The van der Waals surface area contributed by atoms with E-state index in [0.29, 0.717) is 35.5 Å². The number of hydrogen-bond donors (Lipinski definition) is 1. The molecule has 4 nitrogen and oxygen atoms in total. The van der Waals surface area contributed by atoms with Gasteiger partial charge < -0.3 is 15.0 Å². The van der Waals surface area contributed by atoms with E-state index in [9.17, 15) is 4.79 Å². The Kier molecular flexibility index (Phi) is 6.04. The lowest BCUT2D eigenvalue weighted by Gasteiger charge is -2.25. The molecular weight excluding hydrogens is 348 g/mol. The molecule has 1 heterocycles. The largest absolute Gasteiger partial charge is 0.492 e. The Morgan fingerprint density at radius 3 is 2.88 bits per heavy atom. The highest BCUT2D eigenvalue weighted by Gasteiger charge is 2.24. The fraction of sp³-hybridized carbons (Fsp3) is 0.381. The Morgan fingerprint density at radius 2 is 2.12 bits per heavy atom. The molecule has 26 heavy (non-hydrogen) atoms. The lowest BCUT2D eigenvalue weighted by molar-refractivity contribution is 0.0953. The van der Waals surface area contributed by atoms with Crippen LogP contribution in [0.5, 0.6) is 5.75 Å². The van der Waals surface area contributed by atoms with Gasteiger partial charge in [0, 0.05) is 30.4 Å². The molecule has 0 saturated carbocycles. The van der Waals surface area contributed by atoms with Crippen LogP contribution in [0.4, 0.5) is 5.69 Å². The highest BCUT2D eigenvalue weighted by Crippen LogP contribution is 2.31. The van der Waals surface area contributed by atoms with Crippen LogP contribution < -0.4 is 15.0 Å². The van der Waals surface area contributed by atoms with Crippen LogP contribution in [-0.2, 0) is 6.42 Å². The third-order valence-electron chi connectivity index (χ3n) is 4.70. The van der Waals surface area contributed by atoms with Crippen molar-refractivity contribution >= 4 is 23.2 Å². The van der Waals surface area contributed by atoms with E-state index in [1.165, 1.54) is 11.3 Å². The number of hydrogen-bond acceptors (Lipinski definition) is 3. The van der Waals surface area contributed by atoms with Crippen molar-refractivity contribution in [3.05, 3.63) is 58.6 Å². The van der Waals surface area contributed by atoms with Crippen molar-refractivity contribution in [3.63, 3.8) is 0 Å². The Bertz CT molecular complexity index is 778. The number of carbonyl (C=O) groups is 1. The van der Waals surface area contributed by atoms with Gasteiger partial charge in [-0.25, -0.2) is 0 Å². The normalized spacial score (nSPS) is 15.7. The molecule has 0 saturated heterocycles. The van der Waals surface area contributed by atoms with Crippen LogP contribution in [0.3, 0.4) is 0 Å². The van der Waals surface area contributed by atoms with Crippen LogP contribution in [0.25, 0.3) is 0 Å². The number of anilines is 1. The smallest absolute Gasteiger partial charge is 0.251 e. The first-order valence-corrected chi connectivity index (χ1v) is 9.53. The molecule has 1 atom stereocenters. The van der Waals surface area contributed by atoms with E-state index in [1.807, 2.05) is 6.92 Å². The van der Waals surface area contributed by atoms with Crippen molar-refractivity contribution < 1.29 is 9.53 Å². The van der Waals surface area contributed by atoms with Crippen molar-refractivity contribution in [2.45, 2.75) is 32.7 Å². The van der Waals surface area contributed by atoms with Crippen LogP contribution in [0, 0.1) is 0 Å². The van der Waals surface area contributed by atoms with Gasteiger partial charge in [0.15, 0.2) is 0 Å². The lowest BCUT2D eigenvalue weighted by atomic mass is 10.1. The molecule has 1 amide bonds. The summed E-state index contributed by atoms with van der Waals surface area (Å²) >= 11 is 6.15. The number of nitrogens with one attached hydrogen (secondary N) is 1. The molecule has 5 heteroatoms. The van der Waals surface area contributed by atoms with Crippen LogP contribution >= 0.6 is 11.6 Å². The van der Waals surface area contributed by atoms with Gasteiger partial charge in [-0.2, -0.15) is 0 Å². The number of nitrogens with zero attached hydrogens (tertiary/aromatic N) is 1. The first-order chi connectivity index (χ1) is 12.6. The van der Waals surface area contributed by atoms with Gasteiger partial charge in [0.25, 0.3) is 5.91 Å². The van der Waals surface area contributed by atoms with E-state index < -0.39 is 0 Å². The van der Waals surface area contributed by atoms with Gasteiger partial charge in [-0.1, -0.05) is 29.8 Å². The molecule has 3 rings (SSSR count). The van der Waals surface area contributed by atoms with Gasteiger partial charge >= 0.3 is 0 Å². The van der Waals surface area contributed by atoms with Gasteiger partial charge in [-0.15, -0.1) is 0 Å². The zero-order valence-corrected chi connectivity index (χ0v) is 16.1. The Morgan fingerprint density at radius 1 is 1.31 bits per heavy atom. The molecule has 1 aliphatic rings. The number of carbonyl (C=O) groups excluding carboxylic acids is 1. The summed E-state index contributed by atoms with van der Waals surface area (Å²) in [6, 6.07) is 14.2. The molecule has 0 aliphatic carbocycles. The maximum atomic E-state index is 12.3. The molecule has 0 radical (unpaired) electrons. The molecule has 2 aromatic rings. The van der Waals surface area contributed by atoms with Crippen molar-refractivity contribution in [3.8, 4) is 5.75 Å². The summed E-state index contributed by atoms with van der Waals surface area (Å²) in [7, 11) is 0. The minimum absolute atomic E-state index is 0.107. The maximum absolute atomic E-state index is 12.3. The summed E-state index contributed by atoms with van der Waals surface area (Å²) in [6.45, 7) is 6.26. The summed E-state index contributed by atoms with van der Waals surface area (Å²) in [4.78, 5) is 14.7. The third kappa shape index (κ3) is 4.13. The number of rotatable bonds is 7. The molecule has 0 bridgehead atoms. The number of para-hydroxylation sites is 1. The first kappa shape index (κ1) is 18.6. The summed E-state index contributed by atoms with van der Waals surface area (Å²) in [6.07, 6.45) is 1.99. The standard InChI is InChI=1S/C21H25ClN2O2/c1-3-26-20-10-9-17(14-18(20)22)21(25)23-11-6-12-24-15(2)13-16-7-4-5-8-19(16)24/h4-5,7-10,14-15H,3,6,11-13H2,1-2H3,(H,23,25). The molecule has 1 unspecified atom stereocenters. The second-order valence-electron chi connectivity index (χ2n) is 6.56. The summed E-state index contributed by atoms with van der Waals surface area (Å²) in [5.41, 5.74) is 3.29. The highest BCUT2D eigenvalue weighted by molar-refractivity contribution is 6.32. The number of benzene rings is 2. The predicted octanol–water partition coefficient (Wildman–Crippen LogP) is 4.31. The number of halogens is 1. The van der Waals surface area contributed by atoms with Crippen molar-refractivity contribution in [2.75, 3.05) is 24.6 Å². The fourth-order valence-corrected chi connectivity index (χ4v) is 3.67. The summed E-state index contributed by atoms with van der Waals surface area (Å²) < 4.78 is 5.40. The van der Waals surface area contributed by atoms with Crippen LogP contribution in [0.15, 0.2) is 42.5 Å².